The molecule has 0 heterocycles. The van der Waals surface area contributed by atoms with Crippen LogP contribution in [0.5, 0.6) is 0 Å². The number of hydrogen-bond donors (Lipinski definition) is 1. The van der Waals surface area contributed by atoms with Gasteiger partial charge in [-0.2, -0.15) is 0 Å². The first-order valence-corrected chi connectivity index (χ1v) is 5.81. The number of carbonyl (C=O) groups excluding carboxylic acids is 1. The summed E-state index contributed by atoms with van der Waals surface area (Å²) in [7, 11) is 0. The van der Waals surface area contributed by atoms with Gasteiger partial charge in [0.1, 0.15) is 0 Å². The predicted molar refractivity (Wildman–Crippen MR) is 61.0 cm³/mol. The third-order valence-electron chi connectivity index (χ3n) is 2.33. The Bertz CT molecular complexity index is 231. The van der Waals surface area contributed by atoms with Crippen LogP contribution < -0.4 is 29.7 Å². The lowest BCUT2D eigenvalue weighted by atomic mass is 9.99. The minimum atomic E-state index is -0.278. The molecule has 0 radical (unpaired) electrons. The van der Waals surface area contributed by atoms with Crippen molar-refractivity contribution in [2.45, 2.75) is 59.6 Å². The summed E-state index contributed by atoms with van der Waals surface area (Å²) in [6.07, 6.45) is 3.35. The number of ether oxygens (including phenoxy) is 1. The molecular formula is C12H24INO2. The first-order valence-electron chi connectivity index (χ1n) is 5.81. The van der Waals surface area contributed by atoms with E-state index in [1.807, 2.05) is 0 Å². The first-order chi connectivity index (χ1) is 7.06. The number of quaternary nitrogens is 1. The fraction of sp³-hybridized carbons (Fsp3) is 0.750. The van der Waals surface area contributed by atoms with Crippen LogP contribution in [0.2, 0.25) is 0 Å². The summed E-state index contributed by atoms with van der Waals surface area (Å²) in [5, 5.41) is 0. The van der Waals surface area contributed by atoms with Crippen molar-refractivity contribution in [3.8, 4) is 0 Å². The van der Waals surface area contributed by atoms with Crippen LogP contribution in [0.4, 0.5) is 0 Å². The normalized spacial score (nSPS) is 11.3. The van der Waals surface area contributed by atoms with Crippen molar-refractivity contribution in [1.29, 1.82) is 0 Å². The Morgan fingerprint density at radius 2 is 1.75 bits per heavy atom. The molecular weight excluding hydrogens is 317 g/mol. The molecule has 0 aliphatic heterocycles. The molecule has 0 spiro atoms. The molecule has 0 aromatic carbocycles. The van der Waals surface area contributed by atoms with Gasteiger partial charge in [0.2, 0.25) is 6.23 Å². The van der Waals surface area contributed by atoms with E-state index in [2.05, 4.69) is 26.5 Å². The smallest absolute Gasteiger partial charge is 0.338 e. The topological polar surface area (TPSA) is 53.9 Å². The summed E-state index contributed by atoms with van der Waals surface area (Å²) >= 11 is 0. The zero-order chi connectivity index (χ0) is 11.8. The molecule has 0 saturated heterocycles. The minimum absolute atomic E-state index is 0. The zero-order valence-corrected chi connectivity index (χ0v) is 13.0. The van der Waals surface area contributed by atoms with E-state index < -0.39 is 0 Å². The van der Waals surface area contributed by atoms with Gasteiger partial charge in [-0.3, -0.25) is 0 Å². The van der Waals surface area contributed by atoms with Crippen molar-refractivity contribution < 1.29 is 39.2 Å². The van der Waals surface area contributed by atoms with Crippen LogP contribution in [0.1, 0.15) is 53.4 Å². The monoisotopic (exact) mass is 341 g/mol. The molecule has 0 aliphatic carbocycles. The van der Waals surface area contributed by atoms with Crippen LogP contribution >= 0.6 is 0 Å². The largest absolute Gasteiger partial charge is 1.00 e. The summed E-state index contributed by atoms with van der Waals surface area (Å²) in [6, 6.07) is 0. The van der Waals surface area contributed by atoms with Crippen LogP contribution in [-0.2, 0) is 9.53 Å². The van der Waals surface area contributed by atoms with E-state index in [-0.39, 0.29) is 36.2 Å². The van der Waals surface area contributed by atoms with Gasteiger partial charge in [-0.1, -0.05) is 32.8 Å². The molecule has 0 bridgehead atoms. The van der Waals surface area contributed by atoms with Gasteiger partial charge in [0.15, 0.2) is 0 Å². The van der Waals surface area contributed by atoms with Crippen LogP contribution in [0, 0.1) is 0 Å². The average molecular weight is 341 g/mol. The van der Waals surface area contributed by atoms with E-state index in [0.717, 1.165) is 31.3 Å². The SMILES string of the molecule is CCCC(C(=O)OC(C)[NH3+])=C(CC)CC.[I-]. The molecule has 0 fully saturated rings. The van der Waals surface area contributed by atoms with Crippen molar-refractivity contribution in [3.63, 3.8) is 0 Å². The van der Waals surface area contributed by atoms with E-state index in [4.69, 9.17) is 4.74 Å². The third kappa shape index (κ3) is 6.48. The number of hydrogen-bond acceptors (Lipinski definition) is 2. The second-order valence-electron chi connectivity index (χ2n) is 3.76. The Balaban J connectivity index is 0. The lowest BCUT2D eigenvalue weighted by molar-refractivity contribution is -0.473. The van der Waals surface area contributed by atoms with E-state index in [1.165, 1.54) is 5.57 Å². The number of allylic oxidation sites excluding steroid dienone is 1. The van der Waals surface area contributed by atoms with Crippen molar-refractivity contribution in [2.24, 2.45) is 0 Å². The summed E-state index contributed by atoms with van der Waals surface area (Å²) in [6.45, 7) is 8.01. The molecule has 0 rings (SSSR count). The Morgan fingerprint density at radius 3 is 2.06 bits per heavy atom. The Morgan fingerprint density at radius 1 is 1.25 bits per heavy atom. The van der Waals surface area contributed by atoms with Gasteiger partial charge in [-0.05, 0) is 19.3 Å². The number of rotatable bonds is 6. The number of halogens is 1. The van der Waals surface area contributed by atoms with Gasteiger partial charge in [0.25, 0.3) is 0 Å². The van der Waals surface area contributed by atoms with Crippen LogP contribution in [0.15, 0.2) is 11.1 Å². The molecule has 0 saturated carbocycles. The molecule has 0 aliphatic rings. The predicted octanol–water partition coefficient (Wildman–Crippen LogP) is -0.962. The second-order valence-corrected chi connectivity index (χ2v) is 3.76. The molecule has 3 nitrogen and oxygen atoms in total. The molecule has 16 heavy (non-hydrogen) atoms. The summed E-state index contributed by atoms with van der Waals surface area (Å²) in [5.74, 6) is -0.182. The number of esters is 1. The van der Waals surface area contributed by atoms with Crippen molar-refractivity contribution >= 4 is 5.97 Å². The quantitative estimate of drug-likeness (QED) is 0.293. The maximum Gasteiger partial charge on any atom is 0.338 e. The van der Waals surface area contributed by atoms with Gasteiger partial charge < -0.3 is 34.4 Å². The van der Waals surface area contributed by atoms with Gasteiger partial charge in [0, 0.05) is 12.5 Å². The van der Waals surface area contributed by atoms with Gasteiger partial charge in [-0.25, -0.2) is 4.79 Å². The first kappa shape index (κ1) is 18.3. The van der Waals surface area contributed by atoms with E-state index in [0.29, 0.717) is 0 Å². The van der Waals surface area contributed by atoms with Gasteiger partial charge in [-0.15, -0.1) is 0 Å². The van der Waals surface area contributed by atoms with E-state index in [1.54, 1.807) is 6.92 Å². The van der Waals surface area contributed by atoms with Crippen molar-refractivity contribution in [3.05, 3.63) is 11.1 Å². The van der Waals surface area contributed by atoms with Gasteiger partial charge in [0.05, 0.1) is 0 Å². The minimum Gasteiger partial charge on any atom is -1.00 e. The highest BCUT2D eigenvalue weighted by Gasteiger charge is 2.16. The highest BCUT2D eigenvalue weighted by molar-refractivity contribution is 5.89. The van der Waals surface area contributed by atoms with Crippen LogP contribution in [0.3, 0.4) is 0 Å². The third-order valence-corrected chi connectivity index (χ3v) is 2.33. The summed E-state index contributed by atoms with van der Waals surface area (Å²) < 4.78 is 5.14. The van der Waals surface area contributed by atoms with Gasteiger partial charge >= 0.3 is 5.97 Å². The molecule has 3 N–H and O–H groups in total. The molecule has 0 aromatic heterocycles. The summed E-state index contributed by atoms with van der Waals surface area (Å²) in [4.78, 5) is 11.8. The fourth-order valence-corrected chi connectivity index (χ4v) is 1.60. The molecule has 1 unspecified atom stereocenters. The van der Waals surface area contributed by atoms with E-state index >= 15 is 0 Å². The number of carbonyl (C=O) groups is 1. The Labute approximate surface area is 116 Å². The Kier molecular flexibility index (Phi) is 11.5. The fourth-order valence-electron chi connectivity index (χ4n) is 1.60. The van der Waals surface area contributed by atoms with Crippen LogP contribution in [-0.4, -0.2) is 12.2 Å². The highest BCUT2D eigenvalue weighted by Crippen LogP contribution is 2.19. The van der Waals surface area contributed by atoms with Crippen LogP contribution in [0.25, 0.3) is 0 Å². The molecule has 4 heteroatoms. The highest BCUT2D eigenvalue weighted by atomic mass is 127. The standard InChI is InChI=1S/C12H23NO2.HI/c1-5-8-11(10(6-2)7-3)12(14)15-9(4)13;/h9H,5-8,13H2,1-4H3;1H. The maximum atomic E-state index is 11.8. The molecule has 96 valence electrons. The zero-order valence-electron chi connectivity index (χ0n) is 10.8. The lowest BCUT2D eigenvalue weighted by Crippen LogP contribution is -3.00. The second kappa shape index (κ2) is 10.1. The Hall–Kier alpha value is -0.100. The summed E-state index contributed by atoms with van der Waals surface area (Å²) in [5.41, 5.74) is 5.74. The van der Waals surface area contributed by atoms with Crippen molar-refractivity contribution in [2.75, 3.05) is 0 Å². The maximum absolute atomic E-state index is 11.8. The average Bonchev–Trinajstić information content (AvgIpc) is 2.17. The molecule has 1 atom stereocenters. The lowest BCUT2D eigenvalue weighted by Gasteiger charge is -2.12. The van der Waals surface area contributed by atoms with E-state index in [9.17, 15) is 4.79 Å². The van der Waals surface area contributed by atoms with Crippen molar-refractivity contribution in [1.82, 2.24) is 0 Å². The molecule has 0 amide bonds. The molecule has 0 aromatic rings.